The molecule has 21 heavy (non-hydrogen) atoms. The van der Waals surface area contributed by atoms with Crippen molar-refractivity contribution < 1.29 is 4.79 Å². The van der Waals surface area contributed by atoms with E-state index in [4.69, 9.17) is 23.2 Å². The second-order valence-electron chi connectivity index (χ2n) is 5.19. The summed E-state index contributed by atoms with van der Waals surface area (Å²) in [7, 11) is 0. The Bertz CT molecular complexity index is 510. The third-order valence-corrected chi connectivity index (χ3v) is 4.42. The molecule has 2 rings (SSSR count). The first-order valence-corrected chi connectivity index (χ1v) is 7.99. The molecule has 1 aliphatic rings. The van der Waals surface area contributed by atoms with E-state index in [9.17, 15) is 4.79 Å². The number of nitrogens with one attached hydrogen (secondary N) is 2. The highest BCUT2D eigenvalue weighted by molar-refractivity contribution is 6.33. The maximum Gasteiger partial charge on any atom is 0.238 e. The average molecular weight is 330 g/mol. The van der Waals surface area contributed by atoms with E-state index in [1.54, 1.807) is 12.1 Å². The van der Waals surface area contributed by atoms with Gasteiger partial charge in [0.25, 0.3) is 0 Å². The van der Waals surface area contributed by atoms with Gasteiger partial charge >= 0.3 is 0 Å². The van der Waals surface area contributed by atoms with Crippen LogP contribution in [0.2, 0.25) is 10.0 Å². The van der Waals surface area contributed by atoms with Crippen LogP contribution >= 0.6 is 23.2 Å². The topological polar surface area (TPSA) is 44.4 Å². The van der Waals surface area contributed by atoms with Crippen molar-refractivity contribution in [3.8, 4) is 0 Å². The SMILES string of the molecule is CCNC(=O)C1CNCCN1C(C)c1cc(Cl)ccc1Cl. The molecule has 2 N–H and O–H groups in total. The lowest BCUT2D eigenvalue weighted by molar-refractivity contribution is -0.128. The third-order valence-electron chi connectivity index (χ3n) is 3.84. The molecular weight excluding hydrogens is 309 g/mol. The molecule has 1 aliphatic heterocycles. The van der Waals surface area contributed by atoms with Gasteiger partial charge in [0, 0.05) is 42.3 Å². The lowest BCUT2D eigenvalue weighted by atomic mass is 10.0. The number of likely N-dealkylation sites (N-methyl/N-ethyl adjacent to an activating group) is 1. The summed E-state index contributed by atoms with van der Waals surface area (Å²) in [5.74, 6) is 0.0506. The smallest absolute Gasteiger partial charge is 0.238 e. The molecule has 0 saturated carbocycles. The number of halogens is 2. The lowest BCUT2D eigenvalue weighted by Gasteiger charge is -2.39. The van der Waals surface area contributed by atoms with Crippen molar-refractivity contribution >= 4 is 29.1 Å². The summed E-state index contributed by atoms with van der Waals surface area (Å²) in [5, 5.41) is 7.51. The minimum atomic E-state index is -0.191. The van der Waals surface area contributed by atoms with Crippen LogP contribution in [0, 0.1) is 0 Å². The van der Waals surface area contributed by atoms with Crippen molar-refractivity contribution in [3.63, 3.8) is 0 Å². The Balaban J connectivity index is 2.23. The summed E-state index contributed by atoms with van der Waals surface area (Å²) in [5.41, 5.74) is 0.959. The van der Waals surface area contributed by atoms with Gasteiger partial charge in [0.05, 0.1) is 0 Å². The largest absolute Gasteiger partial charge is 0.355 e. The molecule has 0 aromatic heterocycles. The van der Waals surface area contributed by atoms with Crippen LogP contribution in [0.4, 0.5) is 0 Å². The highest BCUT2D eigenvalue weighted by atomic mass is 35.5. The summed E-state index contributed by atoms with van der Waals surface area (Å²) < 4.78 is 0. The summed E-state index contributed by atoms with van der Waals surface area (Å²) in [6, 6.07) is 5.30. The third kappa shape index (κ3) is 3.89. The summed E-state index contributed by atoms with van der Waals surface area (Å²) in [4.78, 5) is 14.4. The average Bonchev–Trinajstić information content (AvgIpc) is 2.49. The van der Waals surface area contributed by atoms with Crippen LogP contribution in [0.25, 0.3) is 0 Å². The van der Waals surface area contributed by atoms with Crippen LogP contribution in [0.3, 0.4) is 0 Å². The van der Waals surface area contributed by atoms with E-state index in [2.05, 4.69) is 22.5 Å². The number of rotatable bonds is 4. The number of hydrogen-bond donors (Lipinski definition) is 2. The van der Waals surface area contributed by atoms with Crippen molar-refractivity contribution in [3.05, 3.63) is 33.8 Å². The van der Waals surface area contributed by atoms with E-state index in [0.717, 1.165) is 18.7 Å². The zero-order chi connectivity index (χ0) is 15.4. The molecule has 1 amide bonds. The summed E-state index contributed by atoms with van der Waals surface area (Å²) >= 11 is 12.4. The highest BCUT2D eigenvalue weighted by Gasteiger charge is 2.32. The zero-order valence-corrected chi connectivity index (χ0v) is 13.8. The molecule has 0 spiro atoms. The molecule has 1 aromatic carbocycles. The van der Waals surface area contributed by atoms with E-state index < -0.39 is 0 Å². The van der Waals surface area contributed by atoms with Gasteiger partial charge < -0.3 is 10.6 Å². The molecule has 1 saturated heterocycles. The number of nitrogens with zero attached hydrogens (tertiary/aromatic N) is 1. The van der Waals surface area contributed by atoms with Crippen LogP contribution in [0.5, 0.6) is 0 Å². The standard InChI is InChI=1S/C15H21Cl2N3O/c1-3-19-15(21)14-9-18-6-7-20(14)10(2)12-8-11(16)4-5-13(12)17/h4-5,8,10,14,18H,3,6-7,9H2,1-2H3,(H,19,21). The Hall–Kier alpha value is -0.810. The first-order chi connectivity index (χ1) is 10.0. The maximum atomic E-state index is 12.2. The molecular formula is C15H21Cl2N3O. The second-order valence-corrected chi connectivity index (χ2v) is 6.04. The first-order valence-electron chi connectivity index (χ1n) is 7.23. The Morgan fingerprint density at radius 2 is 2.29 bits per heavy atom. The molecule has 0 aliphatic carbocycles. The van der Waals surface area contributed by atoms with Crippen LogP contribution in [0.15, 0.2) is 18.2 Å². The quantitative estimate of drug-likeness (QED) is 0.891. The monoisotopic (exact) mass is 329 g/mol. The van der Waals surface area contributed by atoms with E-state index in [1.807, 2.05) is 13.0 Å². The van der Waals surface area contributed by atoms with Crippen molar-refractivity contribution in [2.24, 2.45) is 0 Å². The predicted molar refractivity (Wildman–Crippen MR) is 86.9 cm³/mol. The number of hydrogen-bond acceptors (Lipinski definition) is 3. The Morgan fingerprint density at radius 3 is 3.00 bits per heavy atom. The number of benzene rings is 1. The Morgan fingerprint density at radius 1 is 1.52 bits per heavy atom. The molecule has 1 fully saturated rings. The minimum absolute atomic E-state index is 0.0332. The van der Waals surface area contributed by atoms with Crippen molar-refractivity contribution in [1.82, 2.24) is 15.5 Å². The highest BCUT2D eigenvalue weighted by Crippen LogP contribution is 2.31. The summed E-state index contributed by atoms with van der Waals surface area (Å²) in [6.45, 7) is 6.93. The van der Waals surface area contributed by atoms with Gasteiger partial charge in [-0.3, -0.25) is 9.69 Å². The first kappa shape index (κ1) is 16.6. The van der Waals surface area contributed by atoms with Gasteiger partial charge in [0.15, 0.2) is 0 Å². The second kappa shape index (κ2) is 7.45. The van der Waals surface area contributed by atoms with Gasteiger partial charge in [-0.2, -0.15) is 0 Å². The van der Waals surface area contributed by atoms with Crippen LogP contribution in [0.1, 0.15) is 25.5 Å². The van der Waals surface area contributed by atoms with Gasteiger partial charge in [0.1, 0.15) is 6.04 Å². The molecule has 6 heteroatoms. The molecule has 4 nitrogen and oxygen atoms in total. The van der Waals surface area contributed by atoms with Gasteiger partial charge in [-0.15, -0.1) is 0 Å². The molecule has 1 heterocycles. The maximum absolute atomic E-state index is 12.2. The number of amides is 1. The van der Waals surface area contributed by atoms with Gasteiger partial charge in [-0.25, -0.2) is 0 Å². The van der Waals surface area contributed by atoms with Crippen LogP contribution < -0.4 is 10.6 Å². The Kier molecular flexibility index (Phi) is 5.88. The van der Waals surface area contributed by atoms with Gasteiger partial charge in [-0.1, -0.05) is 23.2 Å². The predicted octanol–water partition coefficient (Wildman–Crippen LogP) is 2.46. The minimum Gasteiger partial charge on any atom is -0.355 e. The fourth-order valence-electron chi connectivity index (χ4n) is 2.73. The van der Waals surface area contributed by atoms with Crippen molar-refractivity contribution in [2.75, 3.05) is 26.2 Å². The van der Waals surface area contributed by atoms with E-state index in [-0.39, 0.29) is 18.0 Å². The van der Waals surface area contributed by atoms with E-state index >= 15 is 0 Å². The van der Waals surface area contributed by atoms with E-state index in [0.29, 0.717) is 23.1 Å². The lowest BCUT2D eigenvalue weighted by Crippen LogP contribution is -2.58. The number of carbonyl (C=O) groups is 1. The molecule has 0 bridgehead atoms. The Labute approximate surface area is 135 Å². The van der Waals surface area contributed by atoms with Crippen LogP contribution in [-0.4, -0.2) is 43.0 Å². The number of piperazine rings is 1. The van der Waals surface area contributed by atoms with Crippen LogP contribution in [-0.2, 0) is 4.79 Å². The summed E-state index contributed by atoms with van der Waals surface area (Å²) in [6.07, 6.45) is 0. The fraction of sp³-hybridized carbons (Fsp3) is 0.533. The van der Waals surface area contributed by atoms with Crippen molar-refractivity contribution in [1.29, 1.82) is 0 Å². The molecule has 2 unspecified atom stereocenters. The molecule has 1 aromatic rings. The normalized spacial score (nSPS) is 21.0. The van der Waals surface area contributed by atoms with Crippen molar-refractivity contribution in [2.45, 2.75) is 25.9 Å². The zero-order valence-electron chi connectivity index (χ0n) is 12.3. The molecule has 2 atom stereocenters. The molecule has 116 valence electrons. The molecule has 0 radical (unpaired) electrons. The van der Waals surface area contributed by atoms with Gasteiger partial charge in [0.2, 0.25) is 5.91 Å². The fourth-order valence-corrected chi connectivity index (χ4v) is 3.19. The van der Waals surface area contributed by atoms with Gasteiger partial charge in [-0.05, 0) is 37.6 Å². The van der Waals surface area contributed by atoms with E-state index in [1.165, 1.54) is 0 Å². The number of carbonyl (C=O) groups excluding carboxylic acids is 1.